The lowest BCUT2D eigenvalue weighted by molar-refractivity contribution is 0.0996. The Hall–Kier alpha value is -2.57. The molecule has 2 aromatic carbocycles. The van der Waals surface area contributed by atoms with Crippen LogP contribution in [0.4, 0.5) is 0 Å². The number of nitrogens with zero attached hydrogens (tertiary/aromatic N) is 1. The van der Waals surface area contributed by atoms with E-state index in [0.717, 1.165) is 16.5 Å². The molecule has 1 heterocycles. The average Bonchev–Trinajstić information content (AvgIpc) is 3.07. The van der Waals surface area contributed by atoms with Crippen LogP contribution in [0.15, 0.2) is 53.9 Å². The van der Waals surface area contributed by atoms with Gasteiger partial charge in [0.25, 0.3) is 5.91 Å². The molecule has 25 heavy (non-hydrogen) atoms. The highest BCUT2D eigenvalue weighted by Crippen LogP contribution is 2.24. The number of benzene rings is 2. The quantitative estimate of drug-likeness (QED) is 0.676. The molecule has 0 aliphatic heterocycles. The molecule has 7 heteroatoms. The Kier molecular flexibility index (Phi) is 5.53. The number of hydrogen-bond acceptors (Lipinski definition) is 5. The summed E-state index contributed by atoms with van der Waals surface area (Å²) in [4.78, 5) is 15.9. The second kappa shape index (κ2) is 8.00. The molecule has 0 radical (unpaired) electrons. The van der Waals surface area contributed by atoms with Crippen LogP contribution in [0, 0.1) is 0 Å². The number of carbonyl (C=O) groups excluding carboxylic acids is 1. The summed E-state index contributed by atoms with van der Waals surface area (Å²) in [5.41, 5.74) is 6.34. The number of aromatic nitrogens is 1. The Labute approximate surface area is 154 Å². The van der Waals surface area contributed by atoms with Gasteiger partial charge >= 0.3 is 0 Å². The SMILES string of the molecule is NC(=O)c1cc(Cl)ccc1OCc1csc(COc2ccccc2)n1. The van der Waals surface area contributed by atoms with Crippen molar-refractivity contribution in [3.63, 3.8) is 0 Å². The van der Waals surface area contributed by atoms with E-state index in [2.05, 4.69) is 4.98 Å². The third kappa shape index (κ3) is 4.71. The van der Waals surface area contributed by atoms with Gasteiger partial charge in [0.15, 0.2) is 0 Å². The van der Waals surface area contributed by atoms with Crippen molar-refractivity contribution in [1.82, 2.24) is 4.98 Å². The van der Waals surface area contributed by atoms with E-state index in [4.69, 9.17) is 26.8 Å². The van der Waals surface area contributed by atoms with E-state index in [1.165, 1.54) is 17.4 Å². The number of nitrogens with two attached hydrogens (primary N) is 1. The summed E-state index contributed by atoms with van der Waals surface area (Å²) >= 11 is 7.37. The molecular weight excluding hydrogens is 360 g/mol. The van der Waals surface area contributed by atoms with Gasteiger partial charge in [-0.25, -0.2) is 4.98 Å². The molecule has 0 atom stereocenters. The number of para-hydroxylation sites is 1. The second-order valence-electron chi connectivity index (χ2n) is 5.13. The van der Waals surface area contributed by atoms with E-state index in [-0.39, 0.29) is 12.2 Å². The van der Waals surface area contributed by atoms with Crippen LogP contribution in [0.1, 0.15) is 21.1 Å². The molecule has 0 spiro atoms. The maximum absolute atomic E-state index is 11.5. The van der Waals surface area contributed by atoms with Gasteiger partial charge in [0, 0.05) is 10.4 Å². The first-order valence-electron chi connectivity index (χ1n) is 7.45. The smallest absolute Gasteiger partial charge is 0.252 e. The first-order chi connectivity index (χ1) is 12.1. The maximum Gasteiger partial charge on any atom is 0.252 e. The zero-order valence-electron chi connectivity index (χ0n) is 13.1. The summed E-state index contributed by atoms with van der Waals surface area (Å²) in [6.07, 6.45) is 0. The van der Waals surface area contributed by atoms with Gasteiger partial charge in [0.1, 0.15) is 29.7 Å². The van der Waals surface area contributed by atoms with Crippen molar-refractivity contribution in [3.8, 4) is 11.5 Å². The number of thiazole rings is 1. The van der Waals surface area contributed by atoms with Crippen molar-refractivity contribution in [1.29, 1.82) is 0 Å². The van der Waals surface area contributed by atoms with Crippen molar-refractivity contribution in [2.45, 2.75) is 13.2 Å². The fraction of sp³-hybridized carbons (Fsp3) is 0.111. The first kappa shape index (κ1) is 17.3. The summed E-state index contributed by atoms with van der Waals surface area (Å²) in [6, 6.07) is 14.3. The third-order valence-electron chi connectivity index (χ3n) is 3.29. The minimum absolute atomic E-state index is 0.226. The van der Waals surface area contributed by atoms with Crippen LogP contribution in [-0.2, 0) is 13.2 Å². The Bertz CT molecular complexity index is 868. The molecule has 128 valence electrons. The maximum atomic E-state index is 11.5. The molecule has 2 N–H and O–H groups in total. The minimum Gasteiger partial charge on any atom is -0.486 e. The second-order valence-corrected chi connectivity index (χ2v) is 6.51. The number of rotatable bonds is 7. The van der Waals surface area contributed by atoms with Crippen LogP contribution in [0.25, 0.3) is 0 Å². The number of hydrogen-bond donors (Lipinski definition) is 1. The minimum atomic E-state index is -0.590. The number of amides is 1. The largest absolute Gasteiger partial charge is 0.486 e. The highest BCUT2D eigenvalue weighted by atomic mass is 35.5. The monoisotopic (exact) mass is 374 g/mol. The molecule has 1 aromatic heterocycles. The number of ether oxygens (including phenoxy) is 2. The van der Waals surface area contributed by atoms with E-state index in [9.17, 15) is 4.79 Å². The summed E-state index contributed by atoms with van der Waals surface area (Å²) in [7, 11) is 0. The summed E-state index contributed by atoms with van der Waals surface area (Å²) < 4.78 is 11.3. The van der Waals surface area contributed by atoms with Crippen LogP contribution in [0.5, 0.6) is 11.5 Å². The molecule has 3 aromatic rings. The van der Waals surface area contributed by atoms with Crippen molar-refractivity contribution in [3.05, 3.63) is 75.2 Å². The zero-order valence-corrected chi connectivity index (χ0v) is 14.7. The van der Waals surface area contributed by atoms with Crippen LogP contribution in [0.2, 0.25) is 5.02 Å². The fourth-order valence-corrected chi connectivity index (χ4v) is 2.98. The molecule has 0 bridgehead atoms. The molecule has 0 unspecified atom stereocenters. The number of halogens is 1. The van der Waals surface area contributed by atoms with E-state index in [1.54, 1.807) is 12.1 Å². The standard InChI is InChI=1S/C18H15ClN2O3S/c19-12-6-7-16(15(8-12)18(20)22)24-9-13-11-25-17(21-13)10-23-14-4-2-1-3-5-14/h1-8,11H,9-10H2,(H2,20,22). The van der Waals surface area contributed by atoms with Gasteiger partial charge < -0.3 is 15.2 Å². The zero-order chi connectivity index (χ0) is 17.6. The normalized spacial score (nSPS) is 10.4. The van der Waals surface area contributed by atoms with Crippen molar-refractivity contribution in [2.24, 2.45) is 5.73 Å². The summed E-state index contributed by atoms with van der Waals surface area (Å²) in [6.45, 7) is 0.617. The molecular formula is C18H15ClN2O3S. The molecule has 0 aliphatic carbocycles. The molecule has 0 aliphatic rings. The highest BCUT2D eigenvalue weighted by Gasteiger charge is 2.11. The van der Waals surface area contributed by atoms with E-state index in [1.807, 2.05) is 35.7 Å². The lowest BCUT2D eigenvalue weighted by Crippen LogP contribution is -2.13. The van der Waals surface area contributed by atoms with Crippen molar-refractivity contribution in [2.75, 3.05) is 0 Å². The van der Waals surface area contributed by atoms with Crippen LogP contribution >= 0.6 is 22.9 Å². The highest BCUT2D eigenvalue weighted by molar-refractivity contribution is 7.09. The number of carbonyl (C=O) groups is 1. The van der Waals surface area contributed by atoms with E-state index < -0.39 is 5.91 Å². The number of primary amides is 1. The Morgan fingerprint density at radius 2 is 1.92 bits per heavy atom. The Morgan fingerprint density at radius 3 is 2.68 bits per heavy atom. The molecule has 0 fully saturated rings. The topological polar surface area (TPSA) is 74.4 Å². The predicted octanol–water partition coefficient (Wildman–Crippen LogP) is 4.05. The average molecular weight is 375 g/mol. The van der Waals surface area contributed by atoms with Gasteiger partial charge in [0.05, 0.1) is 11.3 Å². The molecule has 5 nitrogen and oxygen atoms in total. The summed E-state index contributed by atoms with van der Waals surface area (Å²) in [5.74, 6) is 0.586. The van der Waals surface area contributed by atoms with Gasteiger partial charge in [-0.2, -0.15) is 0 Å². The van der Waals surface area contributed by atoms with Crippen molar-refractivity contribution >= 4 is 28.8 Å². The fourth-order valence-electron chi connectivity index (χ4n) is 2.12. The van der Waals surface area contributed by atoms with Crippen LogP contribution < -0.4 is 15.2 Å². The van der Waals surface area contributed by atoms with E-state index in [0.29, 0.717) is 17.4 Å². The Balaban J connectivity index is 1.60. The van der Waals surface area contributed by atoms with Crippen LogP contribution in [0.3, 0.4) is 0 Å². The predicted molar refractivity (Wildman–Crippen MR) is 97.2 cm³/mol. The Morgan fingerprint density at radius 1 is 1.12 bits per heavy atom. The molecule has 1 amide bonds. The van der Waals surface area contributed by atoms with Gasteiger partial charge in [-0.15, -0.1) is 11.3 Å². The van der Waals surface area contributed by atoms with E-state index >= 15 is 0 Å². The lowest BCUT2D eigenvalue weighted by Gasteiger charge is -2.08. The van der Waals surface area contributed by atoms with Gasteiger partial charge in [-0.1, -0.05) is 29.8 Å². The summed E-state index contributed by atoms with van der Waals surface area (Å²) in [5, 5.41) is 3.16. The molecule has 3 rings (SSSR count). The lowest BCUT2D eigenvalue weighted by atomic mass is 10.2. The first-order valence-corrected chi connectivity index (χ1v) is 8.71. The molecule has 0 saturated carbocycles. The van der Waals surface area contributed by atoms with Crippen molar-refractivity contribution < 1.29 is 14.3 Å². The molecule has 0 saturated heterocycles. The third-order valence-corrected chi connectivity index (χ3v) is 4.39. The van der Waals surface area contributed by atoms with Gasteiger partial charge in [-0.05, 0) is 30.3 Å². The van der Waals surface area contributed by atoms with Gasteiger partial charge in [-0.3, -0.25) is 4.79 Å². The van der Waals surface area contributed by atoms with Crippen LogP contribution in [-0.4, -0.2) is 10.9 Å². The van der Waals surface area contributed by atoms with Gasteiger partial charge in [0.2, 0.25) is 0 Å².